The van der Waals surface area contributed by atoms with E-state index in [0.29, 0.717) is 40.6 Å². The van der Waals surface area contributed by atoms with Crippen LogP contribution < -0.4 is 10.1 Å². The van der Waals surface area contributed by atoms with E-state index in [9.17, 15) is 9.59 Å². The first-order valence-corrected chi connectivity index (χ1v) is 9.21. The number of aryl methyl sites for hydroxylation is 1. The zero-order valence-corrected chi connectivity index (χ0v) is 15.9. The maximum atomic E-state index is 12.5. The van der Waals surface area contributed by atoms with Gasteiger partial charge in [0.15, 0.2) is 0 Å². The van der Waals surface area contributed by atoms with Crippen molar-refractivity contribution in [2.75, 3.05) is 5.32 Å². The molecular formula is C22H17ClN2O3. The minimum absolute atomic E-state index is 0.137. The number of anilines is 1. The van der Waals surface area contributed by atoms with Gasteiger partial charge in [-0.05, 0) is 48.9 Å². The minimum atomic E-state index is -0.229. The molecule has 1 amide bonds. The Balaban J connectivity index is 1.52. The van der Waals surface area contributed by atoms with E-state index in [1.165, 1.54) is 0 Å². The molecule has 0 atom stereocenters. The first kappa shape index (κ1) is 18.2. The second kappa shape index (κ2) is 7.44. The molecule has 1 aliphatic carbocycles. The Labute approximate surface area is 167 Å². The van der Waals surface area contributed by atoms with E-state index in [1.807, 2.05) is 6.92 Å². The van der Waals surface area contributed by atoms with E-state index in [-0.39, 0.29) is 11.7 Å². The molecular weight excluding hydrogens is 376 g/mol. The van der Waals surface area contributed by atoms with Crippen molar-refractivity contribution >= 4 is 29.0 Å². The number of pyridine rings is 1. The quantitative estimate of drug-likeness (QED) is 0.695. The SMILES string of the molecule is Cc1cc(C(=O)Nc2cccc(Oc3ccnc4c3CC(=O)C4)c2)ccc1Cl. The lowest BCUT2D eigenvalue weighted by molar-refractivity contribution is -0.117. The van der Waals surface area contributed by atoms with Crippen molar-refractivity contribution in [1.29, 1.82) is 0 Å². The molecule has 5 nitrogen and oxygen atoms in total. The van der Waals surface area contributed by atoms with E-state index in [1.54, 1.807) is 54.7 Å². The van der Waals surface area contributed by atoms with E-state index in [4.69, 9.17) is 16.3 Å². The number of ether oxygens (including phenoxy) is 1. The average molecular weight is 393 g/mol. The highest BCUT2D eigenvalue weighted by molar-refractivity contribution is 6.31. The molecule has 2 aromatic carbocycles. The number of halogens is 1. The van der Waals surface area contributed by atoms with Crippen LogP contribution >= 0.6 is 11.6 Å². The Kier molecular flexibility index (Phi) is 4.84. The van der Waals surface area contributed by atoms with Gasteiger partial charge in [0.05, 0.1) is 5.69 Å². The number of ketones is 1. The first-order valence-electron chi connectivity index (χ1n) is 8.83. The molecule has 6 heteroatoms. The summed E-state index contributed by atoms with van der Waals surface area (Å²) >= 11 is 6.02. The van der Waals surface area contributed by atoms with Gasteiger partial charge >= 0.3 is 0 Å². The second-order valence-electron chi connectivity index (χ2n) is 6.67. The van der Waals surface area contributed by atoms with Crippen LogP contribution in [0.5, 0.6) is 11.5 Å². The highest BCUT2D eigenvalue weighted by atomic mass is 35.5. The summed E-state index contributed by atoms with van der Waals surface area (Å²) in [5, 5.41) is 3.48. The van der Waals surface area contributed by atoms with Gasteiger partial charge in [-0.25, -0.2) is 0 Å². The predicted octanol–water partition coefficient (Wildman–Crippen LogP) is 4.76. The molecule has 28 heavy (non-hydrogen) atoms. The summed E-state index contributed by atoms with van der Waals surface area (Å²) in [4.78, 5) is 28.5. The first-order chi connectivity index (χ1) is 13.5. The molecule has 0 saturated carbocycles. The number of rotatable bonds is 4. The Hall–Kier alpha value is -3.18. The fourth-order valence-corrected chi connectivity index (χ4v) is 3.27. The molecule has 0 bridgehead atoms. The third kappa shape index (κ3) is 3.75. The van der Waals surface area contributed by atoms with Crippen molar-refractivity contribution in [3.63, 3.8) is 0 Å². The Bertz CT molecular complexity index is 1090. The fourth-order valence-electron chi connectivity index (χ4n) is 3.15. The zero-order chi connectivity index (χ0) is 19.7. The summed E-state index contributed by atoms with van der Waals surface area (Å²) in [6.45, 7) is 1.85. The number of aromatic nitrogens is 1. The Morgan fingerprint density at radius 3 is 2.82 bits per heavy atom. The maximum Gasteiger partial charge on any atom is 0.255 e. The predicted molar refractivity (Wildman–Crippen MR) is 107 cm³/mol. The lowest BCUT2D eigenvalue weighted by Gasteiger charge is -2.11. The molecule has 4 rings (SSSR count). The highest BCUT2D eigenvalue weighted by Crippen LogP contribution is 2.32. The van der Waals surface area contributed by atoms with Crippen LogP contribution in [0.4, 0.5) is 5.69 Å². The van der Waals surface area contributed by atoms with Crippen molar-refractivity contribution in [3.05, 3.63) is 82.1 Å². The average Bonchev–Trinajstić information content (AvgIpc) is 3.05. The summed E-state index contributed by atoms with van der Waals surface area (Å²) in [5.74, 6) is 1.09. The zero-order valence-electron chi connectivity index (χ0n) is 15.2. The lowest BCUT2D eigenvalue weighted by atomic mass is 10.1. The van der Waals surface area contributed by atoms with Crippen molar-refractivity contribution in [2.45, 2.75) is 19.8 Å². The molecule has 0 saturated heterocycles. The van der Waals surface area contributed by atoms with Gasteiger partial charge in [0.1, 0.15) is 17.3 Å². The molecule has 0 fully saturated rings. The molecule has 0 unspecified atom stereocenters. The minimum Gasteiger partial charge on any atom is -0.457 e. The van der Waals surface area contributed by atoms with E-state index >= 15 is 0 Å². The summed E-state index contributed by atoms with van der Waals surface area (Å²) in [6.07, 6.45) is 2.33. The molecule has 1 aromatic heterocycles. The van der Waals surface area contributed by atoms with Crippen molar-refractivity contribution in [3.8, 4) is 11.5 Å². The molecule has 3 aromatic rings. The van der Waals surface area contributed by atoms with E-state index in [2.05, 4.69) is 10.3 Å². The third-order valence-corrected chi connectivity index (χ3v) is 5.00. The molecule has 1 aliphatic rings. The van der Waals surface area contributed by atoms with Gasteiger partial charge in [0, 0.05) is 46.9 Å². The number of amides is 1. The monoisotopic (exact) mass is 392 g/mol. The number of benzene rings is 2. The number of hydrogen-bond donors (Lipinski definition) is 1. The van der Waals surface area contributed by atoms with E-state index < -0.39 is 0 Å². The number of nitrogens with zero attached hydrogens (tertiary/aromatic N) is 1. The van der Waals surface area contributed by atoms with Gasteiger partial charge in [0.25, 0.3) is 5.91 Å². The normalized spacial score (nSPS) is 12.6. The van der Waals surface area contributed by atoms with Crippen molar-refractivity contribution < 1.29 is 14.3 Å². The number of fused-ring (bicyclic) bond motifs is 1. The molecule has 1 heterocycles. The van der Waals surface area contributed by atoms with Crippen LogP contribution in [0, 0.1) is 6.92 Å². The van der Waals surface area contributed by atoms with Crippen LogP contribution in [0.1, 0.15) is 27.2 Å². The van der Waals surface area contributed by atoms with Crippen LogP contribution in [-0.2, 0) is 17.6 Å². The van der Waals surface area contributed by atoms with Gasteiger partial charge in [-0.2, -0.15) is 0 Å². The topological polar surface area (TPSA) is 68.3 Å². The summed E-state index contributed by atoms with van der Waals surface area (Å²) < 4.78 is 5.97. The molecule has 0 spiro atoms. The van der Waals surface area contributed by atoms with Crippen LogP contribution in [0.2, 0.25) is 5.02 Å². The van der Waals surface area contributed by atoms with Gasteiger partial charge in [-0.3, -0.25) is 14.6 Å². The van der Waals surface area contributed by atoms with E-state index in [0.717, 1.165) is 16.8 Å². The van der Waals surface area contributed by atoms with Crippen LogP contribution in [0.15, 0.2) is 54.7 Å². The fraction of sp³-hybridized carbons (Fsp3) is 0.136. The number of carbonyl (C=O) groups is 2. The number of carbonyl (C=O) groups excluding carboxylic acids is 2. The van der Waals surface area contributed by atoms with Crippen molar-refractivity contribution in [2.24, 2.45) is 0 Å². The largest absolute Gasteiger partial charge is 0.457 e. The maximum absolute atomic E-state index is 12.5. The standard InChI is InChI=1S/C22H17ClN2O3/c1-13-9-14(5-6-19(13)23)22(27)25-15-3-2-4-17(10-15)28-21-7-8-24-20-12-16(26)11-18(20)21/h2-10H,11-12H2,1H3,(H,25,27). The van der Waals surface area contributed by atoms with Crippen LogP contribution in [0.25, 0.3) is 0 Å². The second-order valence-corrected chi connectivity index (χ2v) is 7.08. The van der Waals surface area contributed by atoms with Crippen LogP contribution in [-0.4, -0.2) is 16.7 Å². The third-order valence-electron chi connectivity index (χ3n) is 4.58. The molecule has 0 radical (unpaired) electrons. The summed E-state index contributed by atoms with van der Waals surface area (Å²) in [6, 6.07) is 14.0. The number of nitrogens with one attached hydrogen (secondary N) is 1. The van der Waals surface area contributed by atoms with Crippen LogP contribution in [0.3, 0.4) is 0 Å². The van der Waals surface area contributed by atoms with Gasteiger partial charge in [0.2, 0.25) is 0 Å². The number of hydrogen-bond acceptors (Lipinski definition) is 4. The highest BCUT2D eigenvalue weighted by Gasteiger charge is 2.23. The lowest BCUT2D eigenvalue weighted by Crippen LogP contribution is -2.12. The van der Waals surface area contributed by atoms with Gasteiger partial charge in [-0.1, -0.05) is 17.7 Å². The molecule has 140 valence electrons. The van der Waals surface area contributed by atoms with Crippen molar-refractivity contribution in [1.82, 2.24) is 4.98 Å². The Morgan fingerprint density at radius 2 is 2.00 bits per heavy atom. The molecule has 0 aliphatic heterocycles. The molecule has 1 N–H and O–H groups in total. The van der Waals surface area contributed by atoms with Gasteiger partial charge < -0.3 is 10.1 Å². The Morgan fingerprint density at radius 1 is 1.14 bits per heavy atom. The number of Topliss-reactive ketones (excluding diaryl/α,β-unsaturated/α-hetero) is 1. The van der Waals surface area contributed by atoms with Gasteiger partial charge in [-0.15, -0.1) is 0 Å². The summed E-state index contributed by atoms with van der Waals surface area (Å²) in [5.41, 5.74) is 3.58. The smallest absolute Gasteiger partial charge is 0.255 e. The summed E-state index contributed by atoms with van der Waals surface area (Å²) in [7, 11) is 0.